The van der Waals surface area contributed by atoms with Gasteiger partial charge in [-0.25, -0.2) is 24.7 Å². The van der Waals surface area contributed by atoms with Crippen molar-refractivity contribution in [3.63, 3.8) is 0 Å². The maximum absolute atomic E-state index is 11.9. The number of carbonyl (C=O) groups is 1. The highest BCUT2D eigenvalue weighted by Gasteiger charge is 2.20. The van der Waals surface area contributed by atoms with Gasteiger partial charge in [0.05, 0.1) is 4.47 Å². The molecule has 4 heterocycles. The molecule has 0 aromatic carbocycles. The number of carboxylic acid groups (broad SMARTS) is 1. The first kappa shape index (κ1) is 27.7. The molecule has 0 amide bonds. The lowest BCUT2D eigenvalue weighted by molar-refractivity contribution is -0.138. The molecule has 1 aliphatic rings. The third-order valence-electron chi connectivity index (χ3n) is 6.36. The van der Waals surface area contributed by atoms with Crippen molar-refractivity contribution in [3.8, 4) is 5.88 Å². The van der Waals surface area contributed by atoms with E-state index in [1.165, 1.54) is 5.56 Å². The van der Waals surface area contributed by atoms with Gasteiger partial charge in [-0.1, -0.05) is 12.1 Å². The number of ether oxygens (including phenoxy) is 1. The molecule has 1 unspecified atom stereocenters. The quantitative estimate of drug-likeness (QED) is 0.225. The maximum atomic E-state index is 11.9. The summed E-state index contributed by atoms with van der Waals surface area (Å²) in [5.41, 5.74) is 2.40. The molecule has 0 fully saturated rings. The summed E-state index contributed by atoms with van der Waals surface area (Å²) in [5.74, 6) is 0.965. The number of aliphatic carboxylic acids is 1. The van der Waals surface area contributed by atoms with Gasteiger partial charge in [0.2, 0.25) is 11.8 Å². The molecule has 3 aromatic heterocycles. The number of fused-ring (bicyclic) bond motifs is 1. The number of rotatable bonds is 15. The van der Waals surface area contributed by atoms with Gasteiger partial charge < -0.3 is 20.5 Å². The lowest BCUT2D eigenvalue weighted by atomic mass is 10.1. The van der Waals surface area contributed by atoms with Crippen molar-refractivity contribution in [1.29, 1.82) is 0 Å². The zero-order chi connectivity index (χ0) is 26.6. The number of anilines is 2. The first-order valence-corrected chi connectivity index (χ1v) is 13.8. The molecular weight excluding hydrogens is 550 g/mol. The molecule has 10 nitrogen and oxygen atoms in total. The van der Waals surface area contributed by atoms with Crippen LogP contribution in [-0.4, -0.2) is 74.7 Å². The number of nitrogens with zero attached hydrogens (tertiary/aromatic N) is 5. The molecule has 3 aromatic rings. The Morgan fingerprint density at radius 2 is 2.00 bits per heavy atom. The molecule has 0 radical (unpaired) electrons. The number of hydrogen-bond donors (Lipinski definition) is 3. The predicted molar refractivity (Wildman–Crippen MR) is 150 cm³/mol. The van der Waals surface area contributed by atoms with Gasteiger partial charge in [0.1, 0.15) is 18.5 Å². The number of aromatic nitrogens is 4. The smallest absolute Gasteiger partial charge is 0.326 e. The van der Waals surface area contributed by atoms with E-state index >= 15 is 0 Å². The summed E-state index contributed by atoms with van der Waals surface area (Å²) in [7, 11) is 0. The van der Waals surface area contributed by atoms with Crippen LogP contribution in [0.15, 0.2) is 53.4 Å². The van der Waals surface area contributed by atoms with Gasteiger partial charge in [-0.05, 0) is 78.7 Å². The summed E-state index contributed by atoms with van der Waals surface area (Å²) in [4.78, 5) is 31.4. The van der Waals surface area contributed by atoms with Gasteiger partial charge in [0.25, 0.3) is 0 Å². The van der Waals surface area contributed by atoms with Gasteiger partial charge >= 0.3 is 5.97 Å². The first-order chi connectivity index (χ1) is 18.6. The molecule has 3 N–H and O–H groups in total. The molecule has 0 spiro atoms. The molecule has 0 saturated heterocycles. The van der Waals surface area contributed by atoms with Gasteiger partial charge in [0.15, 0.2) is 0 Å². The summed E-state index contributed by atoms with van der Waals surface area (Å²) < 4.78 is 6.53. The van der Waals surface area contributed by atoms with Crippen LogP contribution >= 0.6 is 15.9 Å². The van der Waals surface area contributed by atoms with Crippen molar-refractivity contribution in [1.82, 2.24) is 24.8 Å². The Bertz CT molecular complexity index is 1150. The fourth-order valence-corrected chi connectivity index (χ4v) is 4.51. The number of unbranched alkanes of at least 4 members (excludes halogenated alkanes) is 1. The normalized spacial score (nSPS) is 13.4. The van der Waals surface area contributed by atoms with Crippen LogP contribution in [0.3, 0.4) is 0 Å². The molecule has 38 heavy (non-hydrogen) atoms. The van der Waals surface area contributed by atoms with Crippen molar-refractivity contribution >= 4 is 33.7 Å². The second-order valence-electron chi connectivity index (χ2n) is 9.20. The highest BCUT2D eigenvalue weighted by Crippen LogP contribution is 2.20. The summed E-state index contributed by atoms with van der Waals surface area (Å²) in [6, 6.07) is 9.09. The van der Waals surface area contributed by atoms with E-state index < -0.39 is 12.0 Å². The van der Waals surface area contributed by atoms with E-state index in [1.807, 2.05) is 18.2 Å². The zero-order valence-corrected chi connectivity index (χ0v) is 22.9. The van der Waals surface area contributed by atoms with Crippen LogP contribution in [-0.2, 0) is 17.6 Å². The van der Waals surface area contributed by atoms with Crippen molar-refractivity contribution in [2.24, 2.45) is 0 Å². The monoisotopic (exact) mass is 583 g/mol. The minimum atomic E-state index is -0.937. The summed E-state index contributed by atoms with van der Waals surface area (Å²) in [6.45, 7) is 3.54. The fraction of sp³-hybridized carbons (Fsp3) is 0.444. The van der Waals surface area contributed by atoms with E-state index in [4.69, 9.17) is 9.72 Å². The molecule has 0 bridgehead atoms. The lowest BCUT2D eigenvalue weighted by Gasteiger charge is -2.24. The Morgan fingerprint density at radius 3 is 2.79 bits per heavy atom. The van der Waals surface area contributed by atoms with Crippen LogP contribution in [0.25, 0.3) is 0 Å². The molecule has 4 rings (SSSR count). The van der Waals surface area contributed by atoms with Gasteiger partial charge in [-0.3, -0.25) is 4.90 Å². The second-order valence-corrected chi connectivity index (χ2v) is 10.1. The Hall–Kier alpha value is -3.31. The van der Waals surface area contributed by atoms with E-state index in [9.17, 15) is 9.90 Å². The average Bonchev–Trinajstić information content (AvgIpc) is 2.94. The van der Waals surface area contributed by atoms with E-state index in [2.05, 4.69) is 58.5 Å². The van der Waals surface area contributed by atoms with Crippen molar-refractivity contribution in [2.75, 3.05) is 43.4 Å². The van der Waals surface area contributed by atoms with E-state index in [0.717, 1.165) is 61.2 Å². The molecule has 1 atom stereocenters. The fourth-order valence-electron chi connectivity index (χ4n) is 4.31. The van der Waals surface area contributed by atoms with E-state index in [-0.39, 0.29) is 5.95 Å². The Morgan fingerprint density at radius 1 is 1.13 bits per heavy atom. The summed E-state index contributed by atoms with van der Waals surface area (Å²) >= 11 is 3.29. The zero-order valence-electron chi connectivity index (χ0n) is 21.4. The number of carboxylic acids is 1. The van der Waals surface area contributed by atoms with Crippen molar-refractivity contribution in [2.45, 2.75) is 44.6 Å². The van der Waals surface area contributed by atoms with Crippen LogP contribution < -0.4 is 15.4 Å². The van der Waals surface area contributed by atoms with E-state index in [1.54, 1.807) is 18.6 Å². The minimum absolute atomic E-state index is 0.290. The standard InChI is InChI=1S/C27H34BrN7O3/c28-21-18-31-27(32-19-21)34-23(26(36)37)11-15-35(16-17-38-24-8-1-3-12-29-24)14-4-2-7-22-10-9-20-6-5-13-30-25(20)33-22/h1,3,8-10,12,18-19,23H,2,4-7,11,13-17H2,(H,30,33)(H,36,37)(H,31,32,34). The predicted octanol–water partition coefficient (Wildman–Crippen LogP) is 4.05. The van der Waals surface area contributed by atoms with Crippen LogP contribution in [0.2, 0.25) is 0 Å². The SMILES string of the molecule is O=C(O)C(CCN(CCCCc1ccc2c(n1)NCCC2)CCOc1ccccn1)Nc1ncc(Br)cn1. The Balaban J connectivity index is 1.29. The van der Waals surface area contributed by atoms with Gasteiger partial charge in [0, 0.05) is 50.0 Å². The van der Waals surface area contributed by atoms with Crippen molar-refractivity contribution < 1.29 is 14.6 Å². The molecule has 1 aliphatic heterocycles. The minimum Gasteiger partial charge on any atom is -0.480 e. The molecule has 11 heteroatoms. The third-order valence-corrected chi connectivity index (χ3v) is 6.77. The first-order valence-electron chi connectivity index (χ1n) is 13.0. The van der Waals surface area contributed by atoms with Crippen LogP contribution in [0.1, 0.15) is 36.9 Å². The summed E-state index contributed by atoms with van der Waals surface area (Å²) in [6.07, 6.45) is 10.4. The van der Waals surface area contributed by atoms with Gasteiger partial charge in [-0.2, -0.15) is 0 Å². The van der Waals surface area contributed by atoms with Crippen LogP contribution in [0.5, 0.6) is 5.88 Å². The Kier molecular flexibility index (Phi) is 10.6. The lowest BCUT2D eigenvalue weighted by Crippen LogP contribution is -2.37. The average molecular weight is 585 g/mol. The highest BCUT2D eigenvalue weighted by atomic mass is 79.9. The van der Waals surface area contributed by atoms with E-state index in [0.29, 0.717) is 32.0 Å². The maximum Gasteiger partial charge on any atom is 0.326 e. The molecule has 0 saturated carbocycles. The number of pyridine rings is 2. The number of hydrogen-bond acceptors (Lipinski definition) is 9. The van der Waals surface area contributed by atoms with Crippen LogP contribution in [0, 0.1) is 0 Å². The third kappa shape index (κ3) is 8.91. The molecular formula is C27H34BrN7O3. The largest absolute Gasteiger partial charge is 0.480 e. The van der Waals surface area contributed by atoms with Gasteiger partial charge in [-0.15, -0.1) is 0 Å². The van der Waals surface area contributed by atoms with Crippen LogP contribution in [0.4, 0.5) is 11.8 Å². The molecule has 202 valence electrons. The highest BCUT2D eigenvalue weighted by molar-refractivity contribution is 9.10. The number of halogens is 1. The second kappa shape index (κ2) is 14.6. The van der Waals surface area contributed by atoms with Crippen molar-refractivity contribution in [3.05, 3.63) is 64.7 Å². The Labute approximate surface area is 231 Å². The number of nitrogens with one attached hydrogen (secondary N) is 2. The topological polar surface area (TPSA) is 125 Å². The summed E-state index contributed by atoms with van der Waals surface area (Å²) in [5, 5.41) is 16.1. The number of aryl methyl sites for hydroxylation is 2. The molecule has 0 aliphatic carbocycles.